The monoisotopic (exact) mass is 141 g/mol. The van der Waals surface area contributed by atoms with Crippen molar-refractivity contribution in [1.29, 1.82) is 0 Å². The third-order valence-electron chi connectivity index (χ3n) is 1.13. The Morgan fingerprint density at radius 2 is 2.67 bits per heavy atom. The summed E-state index contributed by atoms with van der Waals surface area (Å²) in [5, 5.41) is 0. The number of nitrogens with zero attached hydrogens (tertiary/aromatic N) is 1. The van der Waals surface area contributed by atoms with Gasteiger partial charge in [-0.2, -0.15) is 0 Å². The summed E-state index contributed by atoms with van der Waals surface area (Å²) in [6.07, 6.45) is 0. The lowest BCUT2D eigenvalue weighted by molar-refractivity contribution is 0.0962. The van der Waals surface area contributed by atoms with Crippen molar-refractivity contribution in [3.05, 3.63) is 10.4 Å². The minimum Gasteiger partial charge on any atom is -0.468 e. The highest BCUT2D eigenvalue weighted by molar-refractivity contribution is 7.12. The van der Waals surface area contributed by atoms with Gasteiger partial charge in [-0.15, -0.1) is 11.3 Å². The molecule has 0 saturated carbocycles. The number of thiazole rings is 1. The molecule has 0 radical (unpaired) electrons. The van der Waals surface area contributed by atoms with Crippen LogP contribution in [0.15, 0.2) is 5.51 Å². The van der Waals surface area contributed by atoms with Crippen LogP contribution in [0.25, 0.3) is 0 Å². The first-order valence-electron chi connectivity index (χ1n) is 2.47. The van der Waals surface area contributed by atoms with Gasteiger partial charge < -0.3 is 4.74 Å². The summed E-state index contributed by atoms with van der Waals surface area (Å²) in [4.78, 5) is 15.3. The number of carbonyl (C=O) groups is 1. The first-order chi connectivity index (χ1) is 4.38. The second-order valence-electron chi connectivity index (χ2n) is 1.70. The molecular formula is C5H3NO2S. The van der Waals surface area contributed by atoms with Gasteiger partial charge in [0.2, 0.25) is 11.7 Å². The van der Waals surface area contributed by atoms with Crippen LogP contribution in [-0.2, 0) is 0 Å². The van der Waals surface area contributed by atoms with Crippen molar-refractivity contribution in [3.8, 4) is 5.88 Å². The van der Waals surface area contributed by atoms with Gasteiger partial charge in [-0.3, -0.25) is 4.79 Å². The number of rotatable bonds is 0. The smallest absolute Gasteiger partial charge is 0.236 e. The molecule has 0 aliphatic carbocycles. The zero-order valence-corrected chi connectivity index (χ0v) is 5.27. The first kappa shape index (κ1) is 4.93. The van der Waals surface area contributed by atoms with Gasteiger partial charge in [-0.05, 0) is 0 Å². The lowest BCUT2D eigenvalue weighted by Crippen LogP contribution is -1.98. The molecule has 2 rings (SSSR count). The maximum Gasteiger partial charge on any atom is 0.236 e. The van der Waals surface area contributed by atoms with Crippen LogP contribution in [0.5, 0.6) is 5.88 Å². The highest BCUT2D eigenvalue weighted by Crippen LogP contribution is 2.26. The third kappa shape index (κ3) is 0.564. The predicted molar refractivity (Wildman–Crippen MR) is 31.9 cm³/mol. The molecule has 1 aliphatic rings. The van der Waals surface area contributed by atoms with Crippen LogP contribution in [0.4, 0.5) is 0 Å². The fourth-order valence-electron chi connectivity index (χ4n) is 0.723. The van der Waals surface area contributed by atoms with Crippen LogP contribution in [-0.4, -0.2) is 17.4 Å². The molecule has 0 amide bonds. The topological polar surface area (TPSA) is 39.2 Å². The Kier molecular flexibility index (Phi) is 0.843. The molecule has 9 heavy (non-hydrogen) atoms. The summed E-state index contributed by atoms with van der Waals surface area (Å²) >= 11 is 1.33. The quantitative estimate of drug-likeness (QED) is 0.534. The molecule has 1 aliphatic heterocycles. The Bertz CT molecular complexity index is 255. The average molecular weight is 141 g/mol. The first-order valence-corrected chi connectivity index (χ1v) is 3.35. The van der Waals surface area contributed by atoms with E-state index in [-0.39, 0.29) is 12.4 Å². The fraction of sp³-hybridized carbons (Fsp3) is 0.200. The second-order valence-corrected chi connectivity index (χ2v) is 2.55. The summed E-state index contributed by atoms with van der Waals surface area (Å²) in [6, 6.07) is 0. The van der Waals surface area contributed by atoms with Crippen LogP contribution in [0.1, 0.15) is 9.67 Å². The minimum absolute atomic E-state index is 0.0486. The Morgan fingerprint density at radius 3 is 3.44 bits per heavy atom. The maximum atomic E-state index is 10.8. The van der Waals surface area contributed by atoms with Gasteiger partial charge in [-0.25, -0.2) is 4.98 Å². The number of hydrogen-bond donors (Lipinski definition) is 0. The normalized spacial score (nSPS) is 15.3. The molecule has 46 valence electrons. The van der Waals surface area contributed by atoms with E-state index in [1.54, 1.807) is 5.51 Å². The molecule has 1 aromatic heterocycles. The zero-order chi connectivity index (χ0) is 6.27. The van der Waals surface area contributed by atoms with Crippen molar-refractivity contribution in [2.45, 2.75) is 0 Å². The molecule has 0 unspecified atom stereocenters. The molecule has 2 heterocycles. The van der Waals surface area contributed by atoms with Crippen molar-refractivity contribution in [2.24, 2.45) is 0 Å². The summed E-state index contributed by atoms with van der Waals surface area (Å²) < 4.78 is 4.90. The molecule has 0 saturated heterocycles. The van der Waals surface area contributed by atoms with Crippen molar-refractivity contribution < 1.29 is 9.53 Å². The van der Waals surface area contributed by atoms with E-state index in [0.29, 0.717) is 10.8 Å². The Hall–Kier alpha value is -0.900. The summed E-state index contributed by atoms with van der Waals surface area (Å²) in [5.41, 5.74) is 1.61. The molecule has 1 aromatic rings. The van der Waals surface area contributed by atoms with E-state index in [4.69, 9.17) is 4.74 Å². The van der Waals surface area contributed by atoms with E-state index in [1.165, 1.54) is 11.3 Å². The van der Waals surface area contributed by atoms with E-state index in [9.17, 15) is 4.79 Å². The molecule has 0 spiro atoms. The zero-order valence-electron chi connectivity index (χ0n) is 4.46. The number of Topliss-reactive ketones (excluding diaryl/α,β-unsaturated/α-hetero) is 1. The number of fused-ring (bicyclic) bond motifs is 1. The molecule has 0 N–H and O–H groups in total. The Balaban J connectivity index is 2.61. The lowest BCUT2D eigenvalue weighted by atomic mass is 10.4. The van der Waals surface area contributed by atoms with Gasteiger partial charge >= 0.3 is 0 Å². The number of ether oxygens (including phenoxy) is 1. The molecule has 0 fully saturated rings. The fourth-order valence-corrected chi connectivity index (χ4v) is 1.38. The number of hydrogen-bond acceptors (Lipinski definition) is 4. The molecule has 4 heteroatoms. The van der Waals surface area contributed by atoms with Gasteiger partial charge in [0.05, 0.1) is 5.51 Å². The van der Waals surface area contributed by atoms with Crippen molar-refractivity contribution in [2.75, 3.05) is 6.61 Å². The van der Waals surface area contributed by atoms with Crippen LogP contribution in [0, 0.1) is 0 Å². The van der Waals surface area contributed by atoms with Crippen LogP contribution >= 0.6 is 11.3 Å². The standard InChI is InChI=1S/C5H3NO2S/c7-3-1-8-5-4(3)9-2-6-5/h2H,1H2. The third-order valence-corrected chi connectivity index (χ3v) is 1.98. The molecular weight excluding hydrogens is 138 g/mol. The lowest BCUT2D eigenvalue weighted by Gasteiger charge is -1.84. The Morgan fingerprint density at radius 1 is 1.78 bits per heavy atom. The highest BCUT2D eigenvalue weighted by atomic mass is 32.1. The SMILES string of the molecule is O=C1COc2ncsc21. The van der Waals surface area contributed by atoms with Crippen LogP contribution < -0.4 is 4.74 Å². The maximum absolute atomic E-state index is 10.8. The van der Waals surface area contributed by atoms with Gasteiger partial charge in [0.15, 0.2) is 6.61 Å². The van der Waals surface area contributed by atoms with Gasteiger partial charge in [-0.1, -0.05) is 0 Å². The molecule has 3 nitrogen and oxygen atoms in total. The van der Waals surface area contributed by atoms with E-state index in [0.717, 1.165) is 0 Å². The predicted octanol–water partition coefficient (Wildman–Crippen LogP) is 0.718. The van der Waals surface area contributed by atoms with E-state index in [1.807, 2.05) is 0 Å². The summed E-state index contributed by atoms with van der Waals surface area (Å²) in [5.74, 6) is 0.553. The van der Waals surface area contributed by atoms with Crippen LogP contribution in [0.2, 0.25) is 0 Å². The van der Waals surface area contributed by atoms with Gasteiger partial charge in [0.25, 0.3) is 0 Å². The largest absolute Gasteiger partial charge is 0.468 e. The summed E-state index contributed by atoms with van der Waals surface area (Å²) in [6.45, 7) is 0.176. The number of carbonyl (C=O) groups excluding carboxylic acids is 1. The minimum atomic E-state index is 0.0486. The number of aromatic nitrogens is 1. The number of ketones is 1. The van der Waals surface area contributed by atoms with E-state index in [2.05, 4.69) is 4.98 Å². The van der Waals surface area contributed by atoms with Crippen molar-refractivity contribution in [3.63, 3.8) is 0 Å². The summed E-state index contributed by atoms with van der Waals surface area (Å²) in [7, 11) is 0. The van der Waals surface area contributed by atoms with Crippen LogP contribution in [0.3, 0.4) is 0 Å². The van der Waals surface area contributed by atoms with Crippen molar-refractivity contribution >= 4 is 17.1 Å². The van der Waals surface area contributed by atoms with Gasteiger partial charge in [0.1, 0.15) is 4.88 Å². The average Bonchev–Trinajstić information content (AvgIpc) is 2.35. The van der Waals surface area contributed by atoms with Crippen molar-refractivity contribution in [1.82, 2.24) is 4.98 Å². The molecule has 0 aromatic carbocycles. The van der Waals surface area contributed by atoms with E-state index < -0.39 is 0 Å². The van der Waals surface area contributed by atoms with Gasteiger partial charge in [0, 0.05) is 0 Å². The second kappa shape index (κ2) is 1.54. The highest BCUT2D eigenvalue weighted by Gasteiger charge is 2.23. The molecule has 0 atom stereocenters. The van der Waals surface area contributed by atoms with E-state index >= 15 is 0 Å². The Labute approximate surface area is 55.3 Å². The molecule has 0 bridgehead atoms.